The molecule has 0 aliphatic rings. The Morgan fingerprint density at radius 2 is 2.20 bits per heavy atom. The van der Waals surface area contributed by atoms with E-state index in [4.69, 9.17) is 22.1 Å². The standard InChI is InChI=1S/C11H17ClN2O/c1-3-14(7-8-15-2)11-9(12)5-4-6-10(11)13/h4-6H,3,7-8,13H2,1-2H3. The van der Waals surface area contributed by atoms with Gasteiger partial charge in [0.1, 0.15) is 0 Å². The third-order valence-electron chi connectivity index (χ3n) is 2.28. The maximum absolute atomic E-state index is 6.12. The van der Waals surface area contributed by atoms with Gasteiger partial charge in [0.25, 0.3) is 0 Å². The lowest BCUT2D eigenvalue weighted by molar-refractivity contribution is 0.205. The number of halogens is 1. The lowest BCUT2D eigenvalue weighted by Gasteiger charge is -2.25. The molecule has 0 amide bonds. The molecule has 0 saturated heterocycles. The van der Waals surface area contributed by atoms with Gasteiger partial charge in [-0.15, -0.1) is 0 Å². The van der Waals surface area contributed by atoms with Gasteiger partial charge in [-0.1, -0.05) is 17.7 Å². The van der Waals surface area contributed by atoms with Crippen LogP contribution in [-0.4, -0.2) is 26.8 Å². The van der Waals surface area contributed by atoms with Crippen LogP contribution in [0.25, 0.3) is 0 Å². The lowest BCUT2D eigenvalue weighted by Crippen LogP contribution is -2.27. The molecule has 0 aliphatic heterocycles. The number of nitrogens with zero attached hydrogens (tertiary/aromatic N) is 1. The van der Waals surface area contributed by atoms with Gasteiger partial charge in [-0.05, 0) is 19.1 Å². The van der Waals surface area contributed by atoms with E-state index < -0.39 is 0 Å². The van der Waals surface area contributed by atoms with E-state index in [0.29, 0.717) is 17.3 Å². The van der Waals surface area contributed by atoms with E-state index in [0.717, 1.165) is 18.8 Å². The monoisotopic (exact) mass is 228 g/mol. The molecular weight excluding hydrogens is 212 g/mol. The molecule has 0 heterocycles. The number of benzene rings is 1. The minimum Gasteiger partial charge on any atom is -0.397 e. The van der Waals surface area contributed by atoms with Crippen LogP contribution in [0.1, 0.15) is 6.92 Å². The van der Waals surface area contributed by atoms with Crippen LogP contribution in [-0.2, 0) is 4.74 Å². The van der Waals surface area contributed by atoms with Crippen molar-refractivity contribution in [3.63, 3.8) is 0 Å². The normalized spacial score (nSPS) is 10.3. The minimum absolute atomic E-state index is 0.665. The molecule has 4 heteroatoms. The summed E-state index contributed by atoms with van der Waals surface area (Å²) >= 11 is 6.12. The Morgan fingerprint density at radius 1 is 1.47 bits per heavy atom. The van der Waals surface area contributed by atoms with E-state index >= 15 is 0 Å². The van der Waals surface area contributed by atoms with Crippen LogP contribution < -0.4 is 10.6 Å². The zero-order valence-corrected chi connectivity index (χ0v) is 9.92. The van der Waals surface area contributed by atoms with Gasteiger partial charge in [0.05, 0.1) is 23.0 Å². The molecule has 0 atom stereocenters. The van der Waals surface area contributed by atoms with E-state index in [-0.39, 0.29) is 0 Å². The highest BCUT2D eigenvalue weighted by molar-refractivity contribution is 6.34. The molecule has 0 unspecified atom stereocenters. The number of likely N-dealkylation sites (N-methyl/N-ethyl adjacent to an activating group) is 1. The van der Waals surface area contributed by atoms with Gasteiger partial charge >= 0.3 is 0 Å². The van der Waals surface area contributed by atoms with Crippen LogP contribution in [0.3, 0.4) is 0 Å². The maximum Gasteiger partial charge on any atom is 0.0789 e. The van der Waals surface area contributed by atoms with Gasteiger partial charge in [-0.25, -0.2) is 0 Å². The van der Waals surface area contributed by atoms with Crippen molar-refractivity contribution >= 4 is 23.0 Å². The number of para-hydroxylation sites is 1. The Hall–Kier alpha value is -0.930. The summed E-state index contributed by atoms with van der Waals surface area (Å²) in [6, 6.07) is 5.56. The molecule has 0 aliphatic carbocycles. The number of anilines is 2. The molecule has 0 saturated carbocycles. The predicted octanol–water partition coefficient (Wildman–Crippen LogP) is 2.39. The zero-order valence-electron chi connectivity index (χ0n) is 9.16. The van der Waals surface area contributed by atoms with Crippen molar-refractivity contribution in [2.75, 3.05) is 37.4 Å². The van der Waals surface area contributed by atoms with Crippen molar-refractivity contribution in [2.24, 2.45) is 0 Å². The van der Waals surface area contributed by atoms with Crippen LogP contribution in [0.2, 0.25) is 5.02 Å². The van der Waals surface area contributed by atoms with Crippen LogP contribution in [0.4, 0.5) is 11.4 Å². The highest BCUT2D eigenvalue weighted by Crippen LogP contribution is 2.31. The van der Waals surface area contributed by atoms with E-state index in [1.165, 1.54) is 0 Å². The first-order valence-electron chi connectivity index (χ1n) is 4.98. The number of rotatable bonds is 5. The molecule has 1 aromatic carbocycles. The van der Waals surface area contributed by atoms with Crippen molar-refractivity contribution in [3.8, 4) is 0 Å². The number of hydrogen-bond donors (Lipinski definition) is 1. The Kier molecular flexibility index (Phi) is 4.72. The van der Waals surface area contributed by atoms with E-state index in [9.17, 15) is 0 Å². The summed E-state index contributed by atoms with van der Waals surface area (Å²) in [4.78, 5) is 2.11. The smallest absolute Gasteiger partial charge is 0.0789 e. The second-order valence-corrected chi connectivity index (χ2v) is 3.66. The molecule has 0 radical (unpaired) electrons. The number of hydrogen-bond acceptors (Lipinski definition) is 3. The Balaban J connectivity index is 2.90. The van der Waals surface area contributed by atoms with Gasteiger partial charge < -0.3 is 15.4 Å². The fraction of sp³-hybridized carbons (Fsp3) is 0.455. The van der Waals surface area contributed by atoms with Crippen LogP contribution in [0.5, 0.6) is 0 Å². The first kappa shape index (κ1) is 12.1. The molecule has 15 heavy (non-hydrogen) atoms. The third kappa shape index (κ3) is 3.01. The maximum atomic E-state index is 6.12. The first-order chi connectivity index (χ1) is 7.20. The van der Waals surface area contributed by atoms with E-state index in [1.54, 1.807) is 7.11 Å². The first-order valence-corrected chi connectivity index (χ1v) is 5.36. The fourth-order valence-corrected chi connectivity index (χ4v) is 1.80. The molecule has 0 spiro atoms. The summed E-state index contributed by atoms with van der Waals surface area (Å²) in [5, 5.41) is 0.688. The van der Waals surface area contributed by atoms with Gasteiger partial charge in [0.15, 0.2) is 0 Å². The van der Waals surface area contributed by atoms with Crippen LogP contribution >= 0.6 is 11.6 Å². The Bertz CT molecular complexity index is 297. The molecular formula is C11H17ClN2O. The molecule has 3 nitrogen and oxygen atoms in total. The van der Waals surface area contributed by atoms with Gasteiger partial charge in [0.2, 0.25) is 0 Å². The average Bonchev–Trinajstić information content (AvgIpc) is 2.22. The molecule has 2 N–H and O–H groups in total. The van der Waals surface area contributed by atoms with Crippen LogP contribution in [0, 0.1) is 0 Å². The number of nitrogens with two attached hydrogens (primary N) is 1. The van der Waals surface area contributed by atoms with Crippen LogP contribution in [0.15, 0.2) is 18.2 Å². The number of ether oxygens (including phenoxy) is 1. The SMILES string of the molecule is CCN(CCOC)c1c(N)cccc1Cl. The third-order valence-corrected chi connectivity index (χ3v) is 2.59. The second-order valence-electron chi connectivity index (χ2n) is 3.25. The molecule has 0 bridgehead atoms. The molecule has 1 aromatic rings. The van der Waals surface area contributed by atoms with Crippen molar-refractivity contribution in [1.29, 1.82) is 0 Å². The van der Waals surface area contributed by atoms with Gasteiger partial charge in [-0.2, -0.15) is 0 Å². The van der Waals surface area contributed by atoms with Gasteiger partial charge in [0, 0.05) is 20.2 Å². The highest BCUT2D eigenvalue weighted by atomic mass is 35.5. The summed E-state index contributed by atoms with van der Waals surface area (Å²) in [6.45, 7) is 4.38. The summed E-state index contributed by atoms with van der Waals surface area (Å²) in [5.74, 6) is 0. The summed E-state index contributed by atoms with van der Waals surface area (Å²) in [6.07, 6.45) is 0. The van der Waals surface area contributed by atoms with Gasteiger partial charge in [-0.3, -0.25) is 0 Å². The highest BCUT2D eigenvalue weighted by Gasteiger charge is 2.11. The van der Waals surface area contributed by atoms with Crippen molar-refractivity contribution in [1.82, 2.24) is 0 Å². The fourth-order valence-electron chi connectivity index (χ4n) is 1.50. The molecule has 0 aromatic heterocycles. The zero-order chi connectivity index (χ0) is 11.3. The predicted molar refractivity (Wildman–Crippen MR) is 65.6 cm³/mol. The molecule has 84 valence electrons. The Labute approximate surface area is 95.8 Å². The average molecular weight is 229 g/mol. The topological polar surface area (TPSA) is 38.5 Å². The van der Waals surface area contributed by atoms with Crippen molar-refractivity contribution in [3.05, 3.63) is 23.2 Å². The summed E-state index contributed by atoms with van der Waals surface area (Å²) in [5.41, 5.74) is 7.51. The lowest BCUT2D eigenvalue weighted by atomic mass is 10.2. The largest absolute Gasteiger partial charge is 0.397 e. The summed E-state index contributed by atoms with van der Waals surface area (Å²) in [7, 11) is 1.68. The molecule has 0 fully saturated rings. The quantitative estimate of drug-likeness (QED) is 0.787. The molecule has 1 rings (SSSR count). The number of nitrogen functional groups attached to an aromatic ring is 1. The van der Waals surface area contributed by atoms with E-state index in [1.807, 2.05) is 18.2 Å². The van der Waals surface area contributed by atoms with E-state index in [2.05, 4.69) is 11.8 Å². The summed E-state index contributed by atoms with van der Waals surface area (Å²) < 4.78 is 5.05. The second kappa shape index (κ2) is 5.83. The van der Waals surface area contributed by atoms with Crippen molar-refractivity contribution < 1.29 is 4.74 Å². The minimum atomic E-state index is 0.665. The van der Waals surface area contributed by atoms with Crippen molar-refractivity contribution in [2.45, 2.75) is 6.92 Å². The Morgan fingerprint density at radius 3 is 2.73 bits per heavy atom. The number of methoxy groups -OCH3 is 1.